The van der Waals surface area contributed by atoms with E-state index in [9.17, 15) is 4.79 Å². The molecule has 0 aliphatic carbocycles. The molecule has 2 atom stereocenters. The molecule has 0 aliphatic heterocycles. The molecule has 0 spiro atoms. The second kappa shape index (κ2) is 9.75. The van der Waals surface area contributed by atoms with Gasteiger partial charge in [0.2, 0.25) is 0 Å². The first-order valence-electron chi connectivity index (χ1n) is 10.1. The topological polar surface area (TPSA) is 47.6 Å². The summed E-state index contributed by atoms with van der Waals surface area (Å²) in [5, 5.41) is 5.07. The Morgan fingerprint density at radius 3 is 2.44 bits per heavy atom. The van der Waals surface area contributed by atoms with Gasteiger partial charge in [-0.1, -0.05) is 51.0 Å². The van der Waals surface area contributed by atoms with Gasteiger partial charge in [-0.25, -0.2) is 0 Å². The molecule has 27 heavy (non-hydrogen) atoms. The molecule has 0 aliphatic rings. The standard InChI is InChI=1S/C23H33NO3/c1-6-9-16-23(5,26-8-3)22(25)24-20-14-15-21(27-17(4)7-2)19-13-11-10-12-18(19)20/h10-15,17H,6-9,16H2,1-5H3,(H,24,25)/t17-,23-/m0/s1. The number of ether oxygens (including phenoxy) is 2. The van der Waals surface area contributed by atoms with Crippen molar-refractivity contribution in [1.29, 1.82) is 0 Å². The van der Waals surface area contributed by atoms with Gasteiger partial charge >= 0.3 is 0 Å². The molecular weight excluding hydrogens is 338 g/mol. The second-order valence-electron chi connectivity index (χ2n) is 7.22. The number of carbonyl (C=O) groups excluding carboxylic acids is 1. The first-order chi connectivity index (χ1) is 12.9. The summed E-state index contributed by atoms with van der Waals surface area (Å²) in [7, 11) is 0. The zero-order chi connectivity index (χ0) is 19.9. The van der Waals surface area contributed by atoms with Gasteiger partial charge in [-0.2, -0.15) is 0 Å². The van der Waals surface area contributed by atoms with E-state index in [0.29, 0.717) is 13.0 Å². The number of unbranched alkanes of at least 4 members (excludes halogenated alkanes) is 1. The smallest absolute Gasteiger partial charge is 0.256 e. The van der Waals surface area contributed by atoms with E-state index in [4.69, 9.17) is 9.47 Å². The van der Waals surface area contributed by atoms with Crippen LogP contribution in [0.15, 0.2) is 36.4 Å². The number of hydrogen-bond donors (Lipinski definition) is 1. The molecule has 0 fully saturated rings. The number of amides is 1. The highest BCUT2D eigenvalue weighted by Crippen LogP contribution is 2.33. The maximum Gasteiger partial charge on any atom is 0.256 e. The first kappa shape index (κ1) is 21.2. The minimum Gasteiger partial charge on any atom is -0.490 e. The Balaban J connectivity index is 2.33. The summed E-state index contributed by atoms with van der Waals surface area (Å²) >= 11 is 0. The van der Waals surface area contributed by atoms with Crippen LogP contribution in [0.4, 0.5) is 5.69 Å². The zero-order valence-corrected chi connectivity index (χ0v) is 17.3. The van der Waals surface area contributed by atoms with Crippen molar-refractivity contribution in [3.05, 3.63) is 36.4 Å². The summed E-state index contributed by atoms with van der Waals surface area (Å²) in [5.41, 5.74) is -0.0351. The van der Waals surface area contributed by atoms with Crippen molar-refractivity contribution < 1.29 is 14.3 Å². The van der Waals surface area contributed by atoms with Gasteiger partial charge in [-0.3, -0.25) is 4.79 Å². The molecule has 0 radical (unpaired) electrons. The van der Waals surface area contributed by atoms with Crippen LogP contribution in [-0.4, -0.2) is 24.2 Å². The molecule has 0 saturated carbocycles. The third-order valence-corrected chi connectivity index (χ3v) is 4.99. The fourth-order valence-electron chi connectivity index (χ4n) is 3.12. The number of fused-ring (bicyclic) bond motifs is 1. The normalized spacial score (nSPS) is 14.6. The van der Waals surface area contributed by atoms with Crippen LogP contribution < -0.4 is 10.1 Å². The van der Waals surface area contributed by atoms with Crippen molar-refractivity contribution in [2.45, 2.75) is 72.0 Å². The van der Waals surface area contributed by atoms with E-state index in [-0.39, 0.29) is 12.0 Å². The quantitative estimate of drug-likeness (QED) is 0.562. The van der Waals surface area contributed by atoms with Gasteiger partial charge in [-0.15, -0.1) is 0 Å². The minimum absolute atomic E-state index is 0.0986. The molecule has 0 aromatic heterocycles. The van der Waals surface area contributed by atoms with Crippen molar-refractivity contribution in [2.24, 2.45) is 0 Å². The SMILES string of the molecule is CCCC[C@](C)(OCC)C(=O)Nc1ccc(O[C@@H](C)CC)c2ccccc12. The Morgan fingerprint density at radius 1 is 1.11 bits per heavy atom. The van der Waals surface area contributed by atoms with E-state index in [1.165, 1.54) is 0 Å². The lowest BCUT2D eigenvalue weighted by molar-refractivity contribution is -0.139. The first-order valence-corrected chi connectivity index (χ1v) is 10.1. The Kier molecular flexibility index (Phi) is 7.66. The van der Waals surface area contributed by atoms with Gasteiger partial charge in [0.15, 0.2) is 0 Å². The van der Waals surface area contributed by atoms with Crippen molar-refractivity contribution in [2.75, 3.05) is 11.9 Å². The maximum atomic E-state index is 13.0. The lowest BCUT2D eigenvalue weighted by atomic mass is 9.97. The summed E-state index contributed by atoms with van der Waals surface area (Å²) in [6, 6.07) is 11.9. The van der Waals surface area contributed by atoms with E-state index in [1.807, 2.05) is 50.2 Å². The van der Waals surface area contributed by atoms with Gasteiger partial charge in [0.05, 0.1) is 6.10 Å². The fraction of sp³-hybridized carbons (Fsp3) is 0.522. The maximum absolute atomic E-state index is 13.0. The van der Waals surface area contributed by atoms with Crippen LogP contribution in [0.5, 0.6) is 5.75 Å². The minimum atomic E-state index is -0.822. The van der Waals surface area contributed by atoms with Crippen LogP contribution in [0.25, 0.3) is 10.8 Å². The number of rotatable bonds is 10. The molecule has 4 nitrogen and oxygen atoms in total. The average molecular weight is 372 g/mol. The molecule has 2 rings (SSSR count). The number of carbonyl (C=O) groups is 1. The van der Waals surface area contributed by atoms with Crippen LogP contribution in [0.1, 0.15) is 60.3 Å². The van der Waals surface area contributed by atoms with Crippen molar-refractivity contribution in [3.63, 3.8) is 0 Å². The van der Waals surface area contributed by atoms with E-state index in [1.54, 1.807) is 0 Å². The molecule has 0 bridgehead atoms. The van der Waals surface area contributed by atoms with Crippen LogP contribution in [0, 0.1) is 0 Å². The summed E-state index contributed by atoms with van der Waals surface area (Å²) in [5.74, 6) is 0.745. The molecule has 0 unspecified atom stereocenters. The fourth-order valence-corrected chi connectivity index (χ4v) is 3.12. The summed E-state index contributed by atoms with van der Waals surface area (Å²) in [6.45, 7) is 10.6. The summed E-state index contributed by atoms with van der Waals surface area (Å²) in [6.07, 6.45) is 3.77. The highest BCUT2D eigenvalue weighted by molar-refractivity contribution is 6.06. The number of benzene rings is 2. The molecule has 4 heteroatoms. The highest BCUT2D eigenvalue weighted by Gasteiger charge is 2.33. The van der Waals surface area contributed by atoms with Crippen molar-refractivity contribution >= 4 is 22.4 Å². The molecule has 1 N–H and O–H groups in total. The largest absolute Gasteiger partial charge is 0.490 e. The van der Waals surface area contributed by atoms with Gasteiger partial charge < -0.3 is 14.8 Å². The van der Waals surface area contributed by atoms with E-state index in [0.717, 1.165) is 41.5 Å². The lowest BCUT2D eigenvalue weighted by Crippen LogP contribution is -2.42. The monoisotopic (exact) mass is 371 g/mol. The number of anilines is 1. The van der Waals surface area contributed by atoms with Gasteiger partial charge in [0, 0.05) is 23.1 Å². The van der Waals surface area contributed by atoms with Gasteiger partial charge in [0.25, 0.3) is 5.91 Å². The van der Waals surface area contributed by atoms with Crippen LogP contribution in [0.3, 0.4) is 0 Å². The van der Waals surface area contributed by atoms with Crippen LogP contribution in [-0.2, 0) is 9.53 Å². The van der Waals surface area contributed by atoms with E-state index < -0.39 is 5.60 Å². The molecule has 0 saturated heterocycles. The molecule has 0 heterocycles. The van der Waals surface area contributed by atoms with Crippen LogP contribution >= 0.6 is 0 Å². The molecule has 2 aromatic rings. The third kappa shape index (κ3) is 5.23. The predicted molar refractivity (Wildman–Crippen MR) is 113 cm³/mol. The molecular formula is C23H33NO3. The van der Waals surface area contributed by atoms with Gasteiger partial charge in [-0.05, 0) is 45.7 Å². The Hall–Kier alpha value is -2.07. The predicted octanol–water partition coefficient (Wildman–Crippen LogP) is 5.94. The number of hydrogen-bond acceptors (Lipinski definition) is 3. The molecule has 2 aromatic carbocycles. The Labute approximate surface area is 163 Å². The third-order valence-electron chi connectivity index (χ3n) is 4.99. The zero-order valence-electron chi connectivity index (χ0n) is 17.3. The highest BCUT2D eigenvalue weighted by atomic mass is 16.5. The average Bonchev–Trinajstić information content (AvgIpc) is 2.68. The summed E-state index contributed by atoms with van der Waals surface area (Å²) < 4.78 is 11.9. The van der Waals surface area contributed by atoms with Crippen molar-refractivity contribution in [3.8, 4) is 5.75 Å². The second-order valence-corrected chi connectivity index (χ2v) is 7.22. The molecule has 1 amide bonds. The number of nitrogens with one attached hydrogen (secondary N) is 1. The Bertz CT molecular complexity index is 758. The molecule has 148 valence electrons. The Morgan fingerprint density at radius 2 is 1.81 bits per heavy atom. The van der Waals surface area contributed by atoms with E-state index >= 15 is 0 Å². The van der Waals surface area contributed by atoms with Gasteiger partial charge in [0.1, 0.15) is 11.4 Å². The lowest BCUT2D eigenvalue weighted by Gasteiger charge is -2.28. The van der Waals surface area contributed by atoms with Crippen LogP contribution in [0.2, 0.25) is 0 Å². The summed E-state index contributed by atoms with van der Waals surface area (Å²) in [4.78, 5) is 13.0. The van der Waals surface area contributed by atoms with E-state index in [2.05, 4.69) is 26.1 Å². The van der Waals surface area contributed by atoms with Crippen molar-refractivity contribution in [1.82, 2.24) is 0 Å².